The summed E-state index contributed by atoms with van der Waals surface area (Å²) in [5.74, 6) is -1.22. The van der Waals surface area contributed by atoms with Gasteiger partial charge in [-0.15, -0.1) is 0 Å². The second kappa shape index (κ2) is 2.27. The Morgan fingerprint density at radius 2 is 2.40 bits per heavy atom. The van der Waals surface area contributed by atoms with Crippen LogP contribution in [0.2, 0.25) is 0 Å². The summed E-state index contributed by atoms with van der Waals surface area (Å²) in [4.78, 5) is 20.8. The summed E-state index contributed by atoms with van der Waals surface area (Å²) >= 11 is 0. The van der Waals surface area contributed by atoms with Crippen molar-refractivity contribution in [1.29, 1.82) is 0 Å². The molecule has 54 valence electrons. The number of aromatic amines is 1. The van der Waals surface area contributed by atoms with E-state index >= 15 is 0 Å². The number of aromatic nitrogens is 2. The third-order valence-electron chi connectivity index (χ3n) is 0.974. The SMILES string of the molecule is O=C(O)c1cn(P)[nH]c1=O. The summed E-state index contributed by atoms with van der Waals surface area (Å²) in [5.41, 5.74) is -0.850. The van der Waals surface area contributed by atoms with Gasteiger partial charge in [0.2, 0.25) is 0 Å². The van der Waals surface area contributed by atoms with Gasteiger partial charge in [0, 0.05) is 6.20 Å². The number of rotatable bonds is 1. The molecule has 6 heteroatoms. The minimum atomic E-state index is -1.22. The molecule has 0 saturated heterocycles. The van der Waals surface area contributed by atoms with Gasteiger partial charge in [-0.3, -0.25) is 14.3 Å². The van der Waals surface area contributed by atoms with Crippen molar-refractivity contribution in [2.24, 2.45) is 0 Å². The molecule has 1 aromatic heterocycles. The Balaban J connectivity index is 3.29. The van der Waals surface area contributed by atoms with Gasteiger partial charge in [0.15, 0.2) is 0 Å². The van der Waals surface area contributed by atoms with Crippen molar-refractivity contribution in [3.63, 3.8) is 0 Å². The van der Waals surface area contributed by atoms with Crippen LogP contribution in [0.1, 0.15) is 10.4 Å². The molecule has 0 spiro atoms. The fourth-order valence-electron chi connectivity index (χ4n) is 0.560. The maximum absolute atomic E-state index is 10.6. The number of nitrogens with one attached hydrogen (secondary N) is 1. The average Bonchev–Trinajstić information content (AvgIpc) is 2.10. The highest BCUT2D eigenvalue weighted by Crippen LogP contribution is 1.92. The van der Waals surface area contributed by atoms with Crippen molar-refractivity contribution in [3.8, 4) is 0 Å². The van der Waals surface area contributed by atoms with E-state index in [0.717, 1.165) is 0 Å². The van der Waals surface area contributed by atoms with Crippen LogP contribution >= 0.6 is 9.39 Å². The Bertz CT molecular complexity index is 313. The second-order valence-electron chi connectivity index (χ2n) is 1.70. The van der Waals surface area contributed by atoms with Crippen LogP contribution in [0.15, 0.2) is 11.0 Å². The fourth-order valence-corrected chi connectivity index (χ4v) is 0.826. The first-order chi connectivity index (χ1) is 4.61. The summed E-state index contributed by atoms with van der Waals surface area (Å²) in [6.45, 7) is 0. The molecular formula is C4H5N2O3P. The minimum absolute atomic E-state index is 0.255. The van der Waals surface area contributed by atoms with E-state index in [1.54, 1.807) is 0 Å². The number of hydrogen-bond acceptors (Lipinski definition) is 2. The fraction of sp³-hybridized carbons (Fsp3) is 0. The molecule has 0 aromatic carbocycles. The van der Waals surface area contributed by atoms with Crippen molar-refractivity contribution < 1.29 is 9.90 Å². The van der Waals surface area contributed by atoms with E-state index in [4.69, 9.17) is 5.11 Å². The quantitative estimate of drug-likeness (QED) is 0.544. The number of carbonyl (C=O) groups is 1. The molecule has 0 saturated carbocycles. The van der Waals surface area contributed by atoms with Crippen LogP contribution in [0.3, 0.4) is 0 Å². The molecule has 1 rings (SSSR count). The summed E-state index contributed by atoms with van der Waals surface area (Å²) in [7, 11) is 2.13. The van der Waals surface area contributed by atoms with Crippen LogP contribution in [0.5, 0.6) is 0 Å². The zero-order valence-corrected chi connectivity index (χ0v) is 6.02. The zero-order chi connectivity index (χ0) is 7.72. The first-order valence-corrected chi connectivity index (χ1v) is 2.93. The van der Waals surface area contributed by atoms with Gasteiger partial charge in [0.05, 0.1) is 0 Å². The first kappa shape index (κ1) is 7.02. The summed E-state index contributed by atoms with van der Waals surface area (Å²) in [6.07, 6.45) is 1.19. The summed E-state index contributed by atoms with van der Waals surface area (Å²) in [6, 6.07) is 0. The molecule has 0 bridgehead atoms. The Morgan fingerprint density at radius 1 is 1.80 bits per heavy atom. The van der Waals surface area contributed by atoms with E-state index in [0.29, 0.717) is 0 Å². The van der Waals surface area contributed by atoms with E-state index in [1.165, 1.54) is 10.6 Å². The third-order valence-corrected chi connectivity index (χ3v) is 1.25. The first-order valence-electron chi connectivity index (χ1n) is 2.41. The Labute approximate surface area is 57.9 Å². The van der Waals surface area contributed by atoms with Crippen LogP contribution in [-0.4, -0.2) is 20.6 Å². The molecule has 1 unspecified atom stereocenters. The summed E-state index contributed by atoms with van der Waals surface area (Å²) in [5, 5.41) is 10.6. The molecule has 1 atom stereocenters. The Hall–Kier alpha value is -1.09. The van der Waals surface area contributed by atoms with Gasteiger partial charge in [0.25, 0.3) is 5.56 Å². The smallest absolute Gasteiger partial charge is 0.342 e. The molecule has 0 aliphatic rings. The summed E-state index contributed by atoms with van der Waals surface area (Å²) < 4.78 is 1.21. The van der Waals surface area contributed by atoms with Crippen molar-refractivity contribution in [1.82, 2.24) is 9.55 Å². The number of hydrogen-bond donors (Lipinski definition) is 2. The van der Waals surface area contributed by atoms with E-state index < -0.39 is 11.5 Å². The number of H-pyrrole nitrogens is 1. The lowest BCUT2D eigenvalue weighted by Crippen LogP contribution is -2.10. The van der Waals surface area contributed by atoms with E-state index in [-0.39, 0.29) is 5.56 Å². The largest absolute Gasteiger partial charge is 0.477 e. The molecule has 10 heavy (non-hydrogen) atoms. The van der Waals surface area contributed by atoms with E-state index in [9.17, 15) is 9.59 Å². The van der Waals surface area contributed by atoms with Crippen LogP contribution in [0.25, 0.3) is 0 Å². The second-order valence-corrected chi connectivity index (χ2v) is 2.25. The van der Waals surface area contributed by atoms with Gasteiger partial charge >= 0.3 is 5.97 Å². The molecule has 0 aliphatic heterocycles. The topological polar surface area (TPSA) is 75.1 Å². The molecule has 0 amide bonds. The number of nitrogens with zero attached hydrogens (tertiary/aromatic N) is 1. The van der Waals surface area contributed by atoms with Gasteiger partial charge in [-0.1, -0.05) is 0 Å². The highest BCUT2D eigenvalue weighted by Gasteiger charge is 2.08. The maximum atomic E-state index is 10.6. The predicted molar refractivity (Wildman–Crippen MR) is 37.1 cm³/mol. The van der Waals surface area contributed by atoms with E-state index in [1.807, 2.05) is 0 Å². The molecule has 0 radical (unpaired) electrons. The van der Waals surface area contributed by atoms with Crippen molar-refractivity contribution in [3.05, 3.63) is 22.1 Å². The maximum Gasteiger partial charge on any atom is 0.342 e. The number of aromatic carboxylic acids is 1. The highest BCUT2D eigenvalue weighted by atomic mass is 31.0. The zero-order valence-electron chi connectivity index (χ0n) is 4.87. The van der Waals surface area contributed by atoms with Crippen molar-refractivity contribution in [2.75, 3.05) is 0 Å². The van der Waals surface area contributed by atoms with Crippen LogP contribution in [-0.2, 0) is 0 Å². The number of carboxylic acids is 1. The lowest BCUT2D eigenvalue weighted by Gasteiger charge is -1.81. The normalized spacial score (nSPS) is 9.70. The standard InChI is InChI=1S/C4H5N2O3P/c7-3-2(4(8)9)1-6(10)5-3/h1H,10H2,(H,5,7)(H,8,9). The van der Waals surface area contributed by atoms with Gasteiger partial charge in [-0.25, -0.2) is 4.79 Å². The Morgan fingerprint density at radius 3 is 2.60 bits per heavy atom. The van der Waals surface area contributed by atoms with Gasteiger partial charge in [-0.05, 0) is 9.39 Å². The molecular weight excluding hydrogens is 155 g/mol. The number of carboxylic acid groups (broad SMARTS) is 1. The lowest BCUT2D eigenvalue weighted by molar-refractivity contribution is 0.0695. The van der Waals surface area contributed by atoms with Crippen LogP contribution < -0.4 is 5.56 Å². The van der Waals surface area contributed by atoms with Crippen LogP contribution in [0, 0.1) is 0 Å². The highest BCUT2D eigenvalue weighted by molar-refractivity contribution is 7.14. The monoisotopic (exact) mass is 160 g/mol. The molecule has 5 nitrogen and oxygen atoms in total. The molecule has 1 heterocycles. The van der Waals surface area contributed by atoms with Crippen molar-refractivity contribution in [2.45, 2.75) is 0 Å². The molecule has 0 aliphatic carbocycles. The lowest BCUT2D eigenvalue weighted by atomic mass is 10.4. The Kier molecular flexibility index (Phi) is 1.59. The molecule has 0 fully saturated rings. The minimum Gasteiger partial charge on any atom is -0.477 e. The van der Waals surface area contributed by atoms with Crippen LogP contribution in [0.4, 0.5) is 0 Å². The average molecular weight is 160 g/mol. The van der Waals surface area contributed by atoms with E-state index in [2.05, 4.69) is 14.5 Å². The molecule has 2 N–H and O–H groups in total. The van der Waals surface area contributed by atoms with Crippen molar-refractivity contribution >= 4 is 15.4 Å². The van der Waals surface area contributed by atoms with Gasteiger partial charge < -0.3 is 5.11 Å². The van der Waals surface area contributed by atoms with Gasteiger partial charge in [0.1, 0.15) is 5.56 Å². The predicted octanol–water partition coefficient (Wildman–Crippen LogP) is -0.487. The molecule has 1 aromatic rings. The third kappa shape index (κ3) is 1.09. The van der Waals surface area contributed by atoms with Gasteiger partial charge in [-0.2, -0.15) is 0 Å².